The summed E-state index contributed by atoms with van der Waals surface area (Å²) < 4.78 is 26.5. The van der Waals surface area contributed by atoms with Crippen LogP contribution in [-0.4, -0.2) is 13.6 Å². The van der Waals surface area contributed by atoms with Gasteiger partial charge in [-0.15, -0.1) is 0 Å². The highest BCUT2D eigenvalue weighted by Gasteiger charge is 2.18. The lowest BCUT2D eigenvalue weighted by Gasteiger charge is -2.18. The van der Waals surface area contributed by atoms with Crippen LogP contribution < -0.4 is 4.90 Å². The molecule has 1 rings (SSSR count). The molecule has 0 spiro atoms. The van der Waals surface area contributed by atoms with Crippen molar-refractivity contribution in [2.24, 2.45) is 5.92 Å². The Morgan fingerprint density at radius 2 is 2.00 bits per heavy atom. The molecular weight excluding hydrogens is 208 g/mol. The predicted molar refractivity (Wildman–Crippen MR) is 61.8 cm³/mol. The van der Waals surface area contributed by atoms with Crippen molar-refractivity contribution in [2.45, 2.75) is 26.7 Å². The average molecular weight is 228 g/mol. The van der Waals surface area contributed by atoms with Crippen LogP contribution in [0.3, 0.4) is 0 Å². The maximum Gasteiger partial charge on any atom is 0.219 e. The van der Waals surface area contributed by atoms with Gasteiger partial charge in [-0.3, -0.25) is 0 Å². The normalized spacial score (nSPS) is 14.8. The molecule has 90 valence electrons. The molecule has 0 amide bonds. The molecule has 1 aromatic carbocycles. The summed E-state index contributed by atoms with van der Waals surface area (Å²) in [6, 6.07) is 4.36. The van der Waals surface area contributed by atoms with Crippen molar-refractivity contribution in [3.8, 4) is 0 Å². The number of quaternary nitrogens is 1. The Morgan fingerprint density at radius 1 is 1.31 bits per heavy atom. The van der Waals surface area contributed by atoms with Gasteiger partial charge in [-0.25, -0.2) is 4.39 Å². The molecule has 0 saturated heterocycles. The zero-order valence-corrected chi connectivity index (χ0v) is 10.2. The van der Waals surface area contributed by atoms with E-state index in [1.54, 1.807) is 12.1 Å². The lowest BCUT2D eigenvalue weighted by Crippen LogP contribution is -3.05. The summed E-state index contributed by atoms with van der Waals surface area (Å²) >= 11 is 0. The third kappa shape index (κ3) is 3.27. The summed E-state index contributed by atoms with van der Waals surface area (Å²) in [5, 5.41) is 0. The molecule has 2 unspecified atom stereocenters. The molecule has 0 saturated carbocycles. The van der Waals surface area contributed by atoms with Crippen LogP contribution >= 0.6 is 0 Å². The summed E-state index contributed by atoms with van der Waals surface area (Å²) in [5.74, 6) is -0.962. The fraction of sp³-hybridized carbons (Fsp3) is 0.538. The molecule has 1 nitrogen and oxygen atoms in total. The maximum absolute atomic E-state index is 13.5. The van der Waals surface area contributed by atoms with Gasteiger partial charge >= 0.3 is 0 Å². The largest absolute Gasteiger partial charge is 0.302 e. The van der Waals surface area contributed by atoms with E-state index in [0.717, 1.165) is 30.4 Å². The van der Waals surface area contributed by atoms with Crippen LogP contribution in [0.5, 0.6) is 0 Å². The van der Waals surface area contributed by atoms with E-state index in [0.29, 0.717) is 11.6 Å². The molecule has 16 heavy (non-hydrogen) atoms. The number of rotatable bonds is 5. The second kappa shape index (κ2) is 5.94. The van der Waals surface area contributed by atoms with Crippen LogP contribution in [0.25, 0.3) is 0 Å². The van der Waals surface area contributed by atoms with E-state index in [9.17, 15) is 8.78 Å². The molecular formula is C13H20F2N+. The third-order valence-corrected chi connectivity index (χ3v) is 2.85. The molecule has 0 bridgehead atoms. The van der Waals surface area contributed by atoms with Crippen LogP contribution in [-0.2, 0) is 0 Å². The van der Waals surface area contributed by atoms with Crippen LogP contribution in [0.15, 0.2) is 18.2 Å². The van der Waals surface area contributed by atoms with Crippen molar-refractivity contribution in [3.05, 3.63) is 29.8 Å². The van der Waals surface area contributed by atoms with Gasteiger partial charge < -0.3 is 4.90 Å². The van der Waals surface area contributed by atoms with Crippen molar-refractivity contribution >= 4 is 5.69 Å². The van der Waals surface area contributed by atoms with E-state index >= 15 is 0 Å². The molecule has 0 aromatic heterocycles. The molecule has 1 N–H and O–H groups in total. The van der Waals surface area contributed by atoms with Crippen LogP contribution in [0.4, 0.5) is 14.5 Å². The monoisotopic (exact) mass is 228 g/mol. The Labute approximate surface area is 96.1 Å². The lowest BCUT2D eigenvalue weighted by molar-refractivity contribution is -0.815. The molecule has 0 fully saturated rings. The first kappa shape index (κ1) is 13.1. The summed E-state index contributed by atoms with van der Waals surface area (Å²) in [4.78, 5) is 0.929. The predicted octanol–water partition coefficient (Wildman–Crippen LogP) is 2.55. The Bertz CT molecular complexity index is 339. The van der Waals surface area contributed by atoms with Crippen molar-refractivity contribution < 1.29 is 13.7 Å². The molecule has 0 aliphatic carbocycles. The number of halogens is 2. The molecule has 0 heterocycles. The van der Waals surface area contributed by atoms with Gasteiger partial charge in [0.25, 0.3) is 0 Å². The summed E-state index contributed by atoms with van der Waals surface area (Å²) in [5.41, 5.74) is 0.419. The highest BCUT2D eigenvalue weighted by molar-refractivity contribution is 5.31. The Morgan fingerprint density at radius 3 is 2.62 bits per heavy atom. The first-order valence-corrected chi connectivity index (χ1v) is 5.83. The van der Waals surface area contributed by atoms with E-state index in [2.05, 4.69) is 13.8 Å². The van der Waals surface area contributed by atoms with Gasteiger partial charge in [0.05, 0.1) is 13.6 Å². The molecule has 3 heteroatoms. The lowest BCUT2D eigenvalue weighted by atomic mass is 10.1. The zero-order valence-electron chi connectivity index (χ0n) is 10.2. The van der Waals surface area contributed by atoms with Gasteiger partial charge in [-0.2, -0.15) is 4.39 Å². The quantitative estimate of drug-likeness (QED) is 0.790. The minimum atomic E-state index is -0.764. The number of nitrogens with one attached hydrogen (secondary N) is 1. The Hall–Kier alpha value is -0.960. The number of benzene rings is 1. The van der Waals surface area contributed by atoms with E-state index < -0.39 is 11.6 Å². The summed E-state index contributed by atoms with van der Waals surface area (Å²) in [6.45, 7) is 5.10. The average Bonchev–Trinajstić information content (AvgIpc) is 2.22. The second-order valence-corrected chi connectivity index (χ2v) is 4.48. The number of hydrogen-bond donors (Lipinski definition) is 1. The maximum atomic E-state index is 13.5. The van der Waals surface area contributed by atoms with Crippen molar-refractivity contribution in [1.29, 1.82) is 0 Å². The number of hydrogen-bond acceptors (Lipinski definition) is 0. The third-order valence-electron chi connectivity index (χ3n) is 2.85. The highest BCUT2D eigenvalue weighted by Crippen LogP contribution is 2.13. The summed E-state index contributed by atoms with van der Waals surface area (Å²) in [6.07, 6.45) is 2.24. The van der Waals surface area contributed by atoms with Crippen LogP contribution in [0.1, 0.15) is 26.7 Å². The van der Waals surface area contributed by atoms with Gasteiger partial charge in [0.1, 0.15) is 0 Å². The minimum Gasteiger partial charge on any atom is -0.302 e. The van der Waals surface area contributed by atoms with E-state index in [4.69, 9.17) is 0 Å². The van der Waals surface area contributed by atoms with Crippen LogP contribution in [0.2, 0.25) is 0 Å². The van der Waals surface area contributed by atoms with Gasteiger partial charge in [0.15, 0.2) is 11.5 Å². The SMILES string of the molecule is CCCC(C)C[NH+](C)c1cccc(F)c1F. The molecule has 1 aromatic rings. The van der Waals surface area contributed by atoms with Gasteiger partial charge in [0.2, 0.25) is 5.82 Å². The van der Waals surface area contributed by atoms with Gasteiger partial charge in [-0.1, -0.05) is 26.3 Å². The Kier molecular flexibility index (Phi) is 4.87. The highest BCUT2D eigenvalue weighted by atomic mass is 19.2. The standard InChI is InChI=1S/C13H19F2N/c1-4-6-10(2)9-16(3)12-8-5-7-11(14)13(12)15/h5,7-8,10H,4,6,9H2,1-3H3/p+1. The molecule has 2 atom stereocenters. The second-order valence-electron chi connectivity index (χ2n) is 4.48. The fourth-order valence-electron chi connectivity index (χ4n) is 2.06. The molecule has 0 aliphatic heterocycles. The van der Waals surface area contributed by atoms with E-state index in [-0.39, 0.29) is 0 Å². The van der Waals surface area contributed by atoms with Crippen molar-refractivity contribution in [1.82, 2.24) is 0 Å². The summed E-state index contributed by atoms with van der Waals surface area (Å²) in [7, 11) is 1.88. The zero-order chi connectivity index (χ0) is 12.1. The topological polar surface area (TPSA) is 4.44 Å². The minimum absolute atomic E-state index is 0.419. The first-order chi connectivity index (χ1) is 7.56. The fourth-order valence-corrected chi connectivity index (χ4v) is 2.06. The first-order valence-electron chi connectivity index (χ1n) is 5.83. The van der Waals surface area contributed by atoms with Crippen molar-refractivity contribution in [3.63, 3.8) is 0 Å². The van der Waals surface area contributed by atoms with Gasteiger partial charge in [0, 0.05) is 12.0 Å². The van der Waals surface area contributed by atoms with Crippen molar-refractivity contribution in [2.75, 3.05) is 13.6 Å². The van der Waals surface area contributed by atoms with E-state index in [1.165, 1.54) is 0 Å². The molecule has 0 aliphatic rings. The van der Waals surface area contributed by atoms with Gasteiger partial charge in [-0.05, 0) is 12.5 Å². The molecule has 0 radical (unpaired) electrons. The van der Waals surface area contributed by atoms with Crippen LogP contribution in [0, 0.1) is 17.6 Å². The Balaban J connectivity index is 2.72. The smallest absolute Gasteiger partial charge is 0.219 e. The van der Waals surface area contributed by atoms with E-state index in [1.807, 2.05) is 7.05 Å².